The minimum absolute atomic E-state index is 0.0293. The second kappa shape index (κ2) is 8.07. The van der Waals surface area contributed by atoms with Crippen molar-refractivity contribution in [3.63, 3.8) is 0 Å². The highest BCUT2D eigenvalue weighted by Crippen LogP contribution is 2.36. The number of nitrogens with one attached hydrogen (secondary N) is 2. The van der Waals surface area contributed by atoms with Gasteiger partial charge in [0.15, 0.2) is 11.6 Å². The van der Waals surface area contributed by atoms with E-state index in [1.165, 1.54) is 4.80 Å². The molecule has 4 rings (SSSR count). The standard InChI is InChI=1S/C20H23FN8O/c1-11(22)17(12-5-6-12)27-20-16(21)10-15(18(23)30)19(28-20)26-13-3-2-4-14(9-13)29-24-7-8-25-29/h2-4,7-12,17H,5-6,22H2,1H3,(H2,23,30)(H2,26,27,28)/t11-,17-/m0/s1. The van der Waals surface area contributed by atoms with Crippen molar-refractivity contribution < 1.29 is 9.18 Å². The van der Waals surface area contributed by atoms with Gasteiger partial charge in [-0.15, -0.1) is 0 Å². The van der Waals surface area contributed by atoms with Crippen LogP contribution in [0, 0.1) is 11.7 Å². The average Bonchev–Trinajstić information content (AvgIpc) is 3.39. The Hall–Kier alpha value is -3.53. The Morgan fingerprint density at radius 1 is 1.23 bits per heavy atom. The molecule has 0 spiro atoms. The zero-order valence-corrected chi connectivity index (χ0v) is 16.4. The first kappa shape index (κ1) is 19.8. The van der Waals surface area contributed by atoms with Gasteiger partial charge in [-0.3, -0.25) is 4.79 Å². The van der Waals surface area contributed by atoms with Crippen LogP contribution in [-0.4, -0.2) is 38.0 Å². The molecule has 0 radical (unpaired) electrons. The van der Waals surface area contributed by atoms with Crippen LogP contribution in [0.2, 0.25) is 0 Å². The highest BCUT2D eigenvalue weighted by molar-refractivity contribution is 5.98. The van der Waals surface area contributed by atoms with E-state index in [0.717, 1.165) is 18.9 Å². The summed E-state index contributed by atoms with van der Waals surface area (Å²) in [5.74, 6) is -0.879. The number of pyridine rings is 1. The molecule has 6 N–H and O–H groups in total. The third kappa shape index (κ3) is 4.23. The molecule has 0 aliphatic heterocycles. The fourth-order valence-electron chi connectivity index (χ4n) is 3.36. The van der Waals surface area contributed by atoms with Gasteiger partial charge < -0.3 is 22.1 Å². The van der Waals surface area contributed by atoms with Gasteiger partial charge in [0.1, 0.15) is 5.82 Å². The number of carbonyl (C=O) groups excluding carboxylic acids is 1. The van der Waals surface area contributed by atoms with E-state index in [0.29, 0.717) is 17.3 Å². The third-order valence-corrected chi connectivity index (χ3v) is 5.00. The van der Waals surface area contributed by atoms with Crippen molar-refractivity contribution in [1.82, 2.24) is 20.0 Å². The van der Waals surface area contributed by atoms with Crippen LogP contribution in [0.1, 0.15) is 30.1 Å². The van der Waals surface area contributed by atoms with E-state index in [1.807, 2.05) is 13.0 Å². The second-order valence-corrected chi connectivity index (χ2v) is 7.44. The fourth-order valence-corrected chi connectivity index (χ4v) is 3.36. The van der Waals surface area contributed by atoms with Gasteiger partial charge in [0.05, 0.1) is 23.6 Å². The molecule has 0 unspecified atom stereocenters. The molecular weight excluding hydrogens is 387 g/mol. The summed E-state index contributed by atoms with van der Waals surface area (Å²) >= 11 is 0. The van der Waals surface area contributed by atoms with E-state index in [9.17, 15) is 9.18 Å². The third-order valence-electron chi connectivity index (χ3n) is 5.00. The van der Waals surface area contributed by atoms with Crippen molar-refractivity contribution in [1.29, 1.82) is 0 Å². The molecule has 1 aliphatic carbocycles. The van der Waals surface area contributed by atoms with Gasteiger partial charge >= 0.3 is 0 Å². The van der Waals surface area contributed by atoms with Crippen LogP contribution in [-0.2, 0) is 0 Å². The first-order valence-electron chi connectivity index (χ1n) is 9.68. The molecule has 0 bridgehead atoms. The molecule has 2 atom stereocenters. The Bertz CT molecular complexity index is 1050. The summed E-state index contributed by atoms with van der Waals surface area (Å²) in [5, 5.41) is 14.3. The summed E-state index contributed by atoms with van der Waals surface area (Å²) in [6.07, 6.45) is 5.22. The molecule has 1 aromatic carbocycles. The van der Waals surface area contributed by atoms with Crippen molar-refractivity contribution in [3.8, 4) is 5.69 Å². The monoisotopic (exact) mass is 410 g/mol. The molecule has 2 heterocycles. The van der Waals surface area contributed by atoms with E-state index in [4.69, 9.17) is 11.5 Å². The lowest BCUT2D eigenvalue weighted by atomic mass is 10.1. The summed E-state index contributed by atoms with van der Waals surface area (Å²) in [7, 11) is 0. The first-order chi connectivity index (χ1) is 14.4. The molecular formula is C20H23FN8O. The van der Waals surface area contributed by atoms with Gasteiger partial charge in [-0.05, 0) is 49.9 Å². The molecule has 30 heavy (non-hydrogen) atoms. The number of carbonyl (C=O) groups is 1. The van der Waals surface area contributed by atoms with Crippen LogP contribution in [0.5, 0.6) is 0 Å². The Balaban J connectivity index is 1.66. The molecule has 156 valence electrons. The maximum Gasteiger partial charge on any atom is 0.252 e. The van der Waals surface area contributed by atoms with Gasteiger partial charge in [-0.2, -0.15) is 15.0 Å². The van der Waals surface area contributed by atoms with E-state index in [1.54, 1.807) is 30.6 Å². The lowest BCUT2D eigenvalue weighted by Gasteiger charge is -2.23. The topological polar surface area (TPSA) is 137 Å². The second-order valence-electron chi connectivity index (χ2n) is 7.44. The predicted octanol–water partition coefficient (Wildman–Crippen LogP) is 2.18. The molecule has 9 nitrogen and oxygen atoms in total. The minimum Gasteiger partial charge on any atom is -0.365 e. The zero-order chi connectivity index (χ0) is 21.3. The van der Waals surface area contributed by atoms with Crippen molar-refractivity contribution >= 4 is 23.2 Å². The number of amides is 1. The van der Waals surface area contributed by atoms with Crippen LogP contribution in [0.3, 0.4) is 0 Å². The van der Waals surface area contributed by atoms with Gasteiger partial charge in [0.25, 0.3) is 5.91 Å². The van der Waals surface area contributed by atoms with Crippen LogP contribution < -0.4 is 22.1 Å². The summed E-state index contributed by atoms with van der Waals surface area (Å²) in [5.41, 5.74) is 12.8. The number of halogens is 1. The molecule has 2 aromatic heterocycles. The summed E-state index contributed by atoms with van der Waals surface area (Å²) in [6.45, 7) is 1.87. The normalized spacial score (nSPS) is 15.4. The number of benzene rings is 1. The number of nitrogens with two attached hydrogens (primary N) is 2. The van der Waals surface area contributed by atoms with Crippen LogP contribution in [0.15, 0.2) is 42.7 Å². The smallest absolute Gasteiger partial charge is 0.252 e. The van der Waals surface area contributed by atoms with Gasteiger partial charge in [0, 0.05) is 17.8 Å². The van der Waals surface area contributed by atoms with E-state index in [2.05, 4.69) is 25.8 Å². The van der Waals surface area contributed by atoms with Crippen LogP contribution >= 0.6 is 0 Å². The summed E-state index contributed by atoms with van der Waals surface area (Å²) in [4.78, 5) is 17.7. The first-order valence-corrected chi connectivity index (χ1v) is 9.68. The van der Waals surface area contributed by atoms with Crippen LogP contribution in [0.4, 0.5) is 21.7 Å². The van der Waals surface area contributed by atoms with Crippen molar-refractivity contribution in [2.45, 2.75) is 31.8 Å². The Morgan fingerprint density at radius 3 is 2.60 bits per heavy atom. The lowest BCUT2D eigenvalue weighted by Crippen LogP contribution is -2.40. The molecule has 1 aliphatic rings. The lowest BCUT2D eigenvalue weighted by molar-refractivity contribution is 0.100. The minimum atomic E-state index is -0.786. The predicted molar refractivity (Wildman–Crippen MR) is 111 cm³/mol. The number of rotatable bonds is 8. The number of anilines is 3. The zero-order valence-electron chi connectivity index (χ0n) is 16.4. The van der Waals surface area contributed by atoms with E-state index >= 15 is 0 Å². The molecule has 0 saturated heterocycles. The summed E-state index contributed by atoms with van der Waals surface area (Å²) < 4.78 is 14.7. The highest BCUT2D eigenvalue weighted by Gasteiger charge is 2.34. The number of nitrogens with zero attached hydrogens (tertiary/aromatic N) is 4. The van der Waals surface area contributed by atoms with E-state index in [-0.39, 0.29) is 29.3 Å². The van der Waals surface area contributed by atoms with Crippen LogP contribution in [0.25, 0.3) is 5.69 Å². The number of hydrogen-bond acceptors (Lipinski definition) is 7. The molecule has 10 heteroatoms. The van der Waals surface area contributed by atoms with Crippen molar-refractivity contribution in [3.05, 3.63) is 54.1 Å². The Kier molecular flexibility index (Phi) is 5.32. The fraction of sp³-hybridized carbons (Fsp3) is 0.300. The van der Waals surface area contributed by atoms with Crippen molar-refractivity contribution in [2.24, 2.45) is 17.4 Å². The highest BCUT2D eigenvalue weighted by atomic mass is 19.1. The summed E-state index contributed by atoms with van der Waals surface area (Å²) in [6, 6.07) is 7.99. The van der Waals surface area contributed by atoms with Crippen molar-refractivity contribution in [2.75, 3.05) is 10.6 Å². The largest absolute Gasteiger partial charge is 0.365 e. The average molecular weight is 410 g/mol. The molecule has 1 fully saturated rings. The Morgan fingerprint density at radius 2 is 1.97 bits per heavy atom. The number of primary amides is 1. The SMILES string of the molecule is C[C@H](N)[C@H](Nc1nc(Nc2cccc(-n3nccn3)c2)c(C(N)=O)cc1F)C1CC1. The molecule has 1 saturated carbocycles. The molecule has 3 aromatic rings. The number of aromatic nitrogens is 4. The Labute approximate surface area is 172 Å². The molecule has 1 amide bonds. The van der Waals surface area contributed by atoms with Gasteiger partial charge in [-0.25, -0.2) is 9.37 Å². The quantitative estimate of drug-likeness (QED) is 0.447. The number of hydrogen-bond donors (Lipinski definition) is 4. The maximum absolute atomic E-state index is 14.7. The van der Waals surface area contributed by atoms with Gasteiger partial charge in [0.2, 0.25) is 0 Å². The van der Waals surface area contributed by atoms with E-state index < -0.39 is 11.7 Å². The van der Waals surface area contributed by atoms with Gasteiger partial charge in [-0.1, -0.05) is 6.07 Å². The maximum atomic E-state index is 14.7.